The van der Waals surface area contributed by atoms with Crippen molar-refractivity contribution in [1.29, 1.82) is 0 Å². The van der Waals surface area contributed by atoms with Crippen LogP contribution in [-0.2, 0) is 0 Å². The zero-order chi connectivity index (χ0) is 22.0. The number of hydrogen-bond acceptors (Lipinski definition) is 6. The van der Waals surface area contributed by atoms with Crippen LogP contribution < -0.4 is 19.3 Å². The van der Waals surface area contributed by atoms with Crippen LogP contribution in [-0.4, -0.2) is 49.7 Å². The van der Waals surface area contributed by atoms with Gasteiger partial charge in [-0.15, -0.1) is 0 Å². The average molecular weight is 441 g/mol. The maximum Gasteiger partial charge on any atom is 0.259 e. The molecule has 31 heavy (non-hydrogen) atoms. The summed E-state index contributed by atoms with van der Waals surface area (Å²) in [6.07, 6.45) is 1.63. The number of aromatic nitrogens is 2. The lowest BCUT2D eigenvalue weighted by Gasteiger charge is -2.23. The van der Waals surface area contributed by atoms with Gasteiger partial charge < -0.3 is 14.4 Å². The number of carbonyl (C=O) groups is 1. The largest absolute Gasteiger partial charge is 0.493 e. The van der Waals surface area contributed by atoms with Crippen LogP contribution in [0.25, 0.3) is 11.0 Å². The van der Waals surface area contributed by atoms with Crippen molar-refractivity contribution in [2.45, 2.75) is 19.8 Å². The van der Waals surface area contributed by atoms with E-state index in [2.05, 4.69) is 0 Å². The van der Waals surface area contributed by atoms with E-state index in [1.54, 1.807) is 17.0 Å². The predicted octanol–water partition coefficient (Wildman–Crippen LogP) is 4.57. The van der Waals surface area contributed by atoms with Gasteiger partial charge >= 0.3 is 0 Å². The Kier molecular flexibility index (Phi) is 6.13. The summed E-state index contributed by atoms with van der Waals surface area (Å²) in [5.74, 6) is 1.91. The molecule has 2 heterocycles. The van der Waals surface area contributed by atoms with Gasteiger partial charge in [0.15, 0.2) is 23.1 Å². The fourth-order valence-corrected chi connectivity index (χ4v) is 3.90. The average Bonchev–Trinajstić information content (AvgIpc) is 2.94. The van der Waals surface area contributed by atoms with Gasteiger partial charge in [0.25, 0.3) is 5.91 Å². The Morgan fingerprint density at radius 2 is 1.84 bits per heavy atom. The van der Waals surface area contributed by atoms with E-state index in [9.17, 15) is 4.79 Å². The van der Waals surface area contributed by atoms with Gasteiger partial charge in [0.1, 0.15) is 0 Å². The number of ether oxygens (including phenoxy) is 2. The number of nitrogens with zero attached hydrogens (tertiary/aromatic N) is 4. The molecule has 162 valence electrons. The fraction of sp³-hybridized carbons (Fsp3) is 0.348. The molecule has 0 radical (unpaired) electrons. The monoisotopic (exact) mass is 440 g/mol. The molecule has 1 aromatic heterocycles. The molecule has 1 amide bonds. The zero-order valence-corrected chi connectivity index (χ0v) is 18.6. The number of para-hydroxylation sites is 2. The highest BCUT2D eigenvalue weighted by Crippen LogP contribution is 2.38. The fourth-order valence-electron chi connectivity index (χ4n) is 3.64. The summed E-state index contributed by atoms with van der Waals surface area (Å²) in [7, 11) is 3.50. The first-order valence-electron chi connectivity index (χ1n) is 10.3. The normalized spacial score (nSPS) is 13.7. The topological polar surface area (TPSA) is 67.8 Å². The Bertz CT molecular complexity index is 1120. The maximum atomic E-state index is 13.6. The van der Waals surface area contributed by atoms with Crippen molar-refractivity contribution in [2.24, 2.45) is 0 Å². The molecule has 2 aromatic carbocycles. The van der Waals surface area contributed by atoms with Crippen molar-refractivity contribution in [3.63, 3.8) is 0 Å². The highest BCUT2D eigenvalue weighted by molar-refractivity contribution is 6.33. The molecule has 8 heteroatoms. The number of amides is 1. The van der Waals surface area contributed by atoms with Crippen LogP contribution in [0.4, 0.5) is 11.6 Å². The van der Waals surface area contributed by atoms with E-state index in [0.29, 0.717) is 46.9 Å². The Morgan fingerprint density at radius 3 is 2.52 bits per heavy atom. The molecule has 0 N–H and O–H groups in total. The van der Waals surface area contributed by atoms with Crippen LogP contribution in [0.2, 0.25) is 5.02 Å². The summed E-state index contributed by atoms with van der Waals surface area (Å²) in [4.78, 5) is 26.9. The van der Waals surface area contributed by atoms with E-state index in [-0.39, 0.29) is 5.91 Å². The maximum absolute atomic E-state index is 13.6. The molecule has 4 rings (SSSR count). The predicted molar refractivity (Wildman–Crippen MR) is 123 cm³/mol. The number of fused-ring (bicyclic) bond motifs is 2. The van der Waals surface area contributed by atoms with Crippen molar-refractivity contribution in [2.75, 3.05) is 43.7 Å². The number of rotatable bonds is 5. The first-order chi connectivity index (χ1) is 15.0. The lowest BCUT2D eigenvalue weighted by molar-refractivity contribution is 0.0986. The van der Waals surface area contributed by atoms with E-state index in [1.807, 2.05) is 43.1 Å². The number of halogens is 1. The molecular weight excluding hydrogens is 416 g/mol. The van der Waals surface area contributed by atoms with Gasteiger partial charge in [0, 0.05) is 25.7 Å². The van der Waals surface area contributed by atoms with Gasteiger partial charge in [-0.25, -0.2) is 9.97 Å². The molecule has 0 saturated carbocycles. The van der Waals surface area contributed by atoms with Crippen molar-refractivity contribution in [1.82, 2.24) is 9.97 Å². The van der Waals surface area contributed by atoms with Crippen LogP contribution in [0.5, 0.6) is 11.5 Å². The molecular formula is C23H25ClN4O3. The number of carbonyl (C=O) groups excluding carboxylic acids is 1. The van der Waals surface area contributed by atoms with Crippen molar-refractivity contribution < 1.29 is 14.3 Å². The van der Waals surface area contributed by atoms with Crippen molar-refractivity contribution in [3.8, 4) is 11.5 Å². The third-order valence-electron chi connectivity index (χ3n) is 5.20. The first kappa shape index (κ1) is 21.2. The molecule has 0 saturated heterocycles. The lowest BCUT2D eigenvalue weighted by Crippen LogP contribution is -2.32. The molecule has 1 aliphatic rings. The Hall–Kier alpha value is -3.06. The van der Waals surface area contributed by atoms with Gasteiger partial charge in [-0.1, -0.05) is 30.7 Å². The smallest absolute Gasteiger partial charge is 0.259 e. The third-order valence-corrected chi connectivity index (χ3v) is 5.48. The van der Waals surface area contributed by atoms with Gasteiger partial charge in [0.2, 0.25) is 0 Å². The minimum atomic E-state index is -0.205. The molecule has 0 spiro atoms. The number of hydrogen-bond donors (Lipinski definition) is 0. The van der Waals surface area contributed by atoms with Crippen LogP contribution in [0.15, 0.2) is 36.4 Å². The minimum absolute atomic E-state index is 0.205. The highest BCUT2D eigenvalue weighted by atomic mass is 35.5. The second kappa shape index (κ2) is 8.98. The van der Waals surface area contributed by atoms with Crippen molar-refractivity contribution >= 4 is 40.2 Å². The van der Waals surface area contributed by atoms with Crippen LogP contribution in [0.1, 0.15) is 30.1 Å². The van der Waals surface area contributed by atoms with E-state index in [4.69, 9.17) is 31.0 Å². The second-order valence-corrected chi connectivity index (χ2v) is 7.84. The third kappa shape index (κ3) is 4.10. The van der Waals surface area contributed by atoms with E-state index in [0.717, 1.165) is 30.4 Å². The number of benzene rings is 2. The Balaban J connectivity index is 1.78. The molecule has 0 atom stereocenters. The molecule has 1 aliphatic heterocycles. The van der Waals surface area contributed by atoms with Gasteiger partial charge in [0.05, 0.1) is 29.8 Å². The SMILES string of the molecule is CCCOc1c(Cl)cc(C(=O)N2CCCN(C)c3nc4ccccc4nc32)cc1OC. The van der Waals surface area contributed by atoms with Gasteiger partial charge in [-0.05, 0) is 37.1 Å². The zero-order valence-electron chi connectivity index (χ0n) is 17.9. The summed E-state index contributed by atoms with van der Waals surface area (Å²) in [6, 6.07) is 11.0. The summed E-state index contributed by atoms with van der Waals surface area (Å²) >= 11 is 6.45. The summed E-state index contributed by atoms with van der Waals surface area (Å²) in [5, 5.41) is 0.341. The van der Waals surface area contributed by atoms with E-state index < -0.39 is 0 Å². The molecule has 7 nitrogen and oxygen atoms in total. The Labute approximate surface area is 186 Å². The van der Waals surface area contributed by atoms with Crippen molar-refractivity contribution in [3.05, 3.63) is 47.0 Å². The van der Waals surface area contributed by atoms with E-state index >= 15 is 0 Å². The number of methoxy groups -OCH3 is 1. The van der Waals surface area contributed by atoms with Crippen LogP contribution in [0, 0.1) is 0 Å². The van der Waals surface area contributed by atoms with Crippen LogP contribution in [0.3, 0.4) is 0 Å². The number of anilines is 2. The molecule has 0 aliphatic carbocycles. The van der Waals surface area contributed by atoms with Gasteiger partial charge in [-0.3, -0.25) is 9.69 Å². The second-order valence-electron chi connectivity index (χ2n) is 7.43. The molecule has 3 aromatic rings. The lowest BCUT2D eigenvalue weighted by atomic mass is 10.1. The molecule has 0 unspecified atom stereocenters. The summed E-state index contributed by atoms with van der Waals surface area (Å²) in [5.41, 5.74) is 1.95. The first-order valence-corrected chi connectivity index (χ1v) is 10.7. The minimum Gasteiger partial charge on any atom is -0.493 e. The quantitative estimate of drug-likeness (QED) is 0.579. The van der Waals surface area contributed by atoms with Crippen LogP contribution >= 0.6 is 11.6 Å². The highest BCUT2D eigenvalue weighted by Gasteiger charge is 2.28. The van der Waals surface area contributed by atoms with E-state index in [1.165, 1.54) is 7.11 Å². The molecule has 0 fully saturated rings. The standard InChI is InChI=1S/C23H25ClN4O3/c1-4-12-31-20-16(24)13-15(14-19(20)30-3)23(29)28-11-7-10-27(2)21-22(28)26-18-9-6-5-8-17(18)25-21/h5-6,8-9,13-14H,4,7,10-12H2,1-3H3. The molecule has 0 bridgehead atoms. The Morgan fingerprint density at radius 1 is 1.13 bits per heavy atom. The van der Waals surface area contributed by atoms with Gasteiger partial charge in [-0.2, -0.15) is 0 Å². The summed E-state index contributed by atoms with van der Waals surface area (Å²) in [6.45, 7) is 3.82. The summed E-state index contributed by atoms with van der Waals surface area (Å²) < 4.78 is 11.2.